The molecule has 1 amide bonds. The summed E-state index contributed by atoms with van der Waals surface area (Å²) in [5.74, 6) is -2.12. The third kappa shape index (κ3) is 4.80. The lowest BCUT2D eigenvalue weighted by Gasteiger charge is -2.07. The van der Waals surface area contributed by atoms with Crippen LogP contribution in [0.5, 0.6) is 0 Å². The summed E-state index contributed by atoms with van der Waals surface area (Å²) in [4.78, 5) is 24.2. The highest BCUT2D eigenvalue weighted by molar-refractivity contribution is 6.41. The third-order valence-electron chi connectivity index (χ3n) is 3.92. The maximum atomic E-state index is 12.2. The Kier molecular flexibility index (Phi) is 6.10. The fourth-order valence-corrected chi connectivity index (χ4v) is 2.53. The predicted molar refractivity (Wildman–Crippen MR) is 109 cm³/mol. The highest BCUT2D eigenvalue weighted by Crippen LogP contribution is 2.11. The Morgan fingerprint density at radius 2 is 1.14 bits per heavy atom. The van der Waals surface area contributed by atoms with E-state index in [0.717, 1.165) is 17.2 Å². The molecule has 0 saturated carbocycles. The molecule has 2 N–H and O–H groups in total. The Labute approximate surface area is 162 Å². The number of nitrogens with one attached hydrogen (secondary N) is 1. The van der Waals surface area contributed by atoms with Gasteiger partial charge in [0.05, 0.1) is 5.71 Å². The van der Waals surface area contributed by atoms with Crippen LogP contribution < -0.4 is 5.43 Å². The largest absolute Gasteiger partial charge is 0.507 e. The van der Waals surface area contributed by atoms with Crippen LogP contribution in [0.15, 0.2) is 102 Å². The molecule has 5 heteroatoms. The summed E-state index contributed by atoms with van der Waals surface area (Å²) >= 11 is 0. The van der Waals surface area contributed by atoms with Crippen LogP contribution in [-0.2, 0) is 9.59 Å². The predicted octanol–water partition coefficient (Wildman–Crippen LogP) is 3.72. The first-order chi connectivity index (χ1) is 13.6. The molecule has 0 unspecified atom stereocenters. The van der Waals surface area contributed by atoms with Crippen molar-refractivity contribution in [2.75, 3.05) is 0 Å². The zero-order valence-electron chi connectivity index (χ0n) is 14.9. The number of hydrogen-bond donors (Lipinski definition) is 2. The number of carbonyl (C=O) groups is 2. The molecule has 0 aliphatic carbocycles. The molecular weight excluding hydrogens is 352 g/mol. The normalized spacial score (nSPS) is 10.8. The molecule has 3 aromatic rings. The van der Waals surface area contributed by atoms with Crippen LogP contribution in [0.3, 0.4) is 0 Å². The van der Waals surface area contributed by atoms with Crippen LogP contribution in [0.1, 0.15) is 16.7 Å². The maximum absolute atomic E-state index is 12.2. The molecule has 3 rings (SSSR count). The Hall–Kier alpha value is -3.99. The lowest BCUT2D eigenvalue weighted by molar-refractivity contribution is -0.135. The molecule has 0 bridgehead atoms. The number of nitrogens with zero attached hydrogens (tertiary/aromatic N) is 1. The van der Waals surface area contributed by atoms with Crippen molar-refractivity contribution in [2.24, 2.45) is 5.10 Å². The van der Waals surface area contributed by atoms with E-state index in [1.807, 2.05) is 60.7 Å². The van der Waals surface area contributed by atoms with Gasteiger partial charge in [-0.05, 0) is 0 Å². The minimum absolute atomic E-state index is 0.281. The second-order valence-electron chi connectivity index (χ2n) is 5.89. The van der Waals surface area contributed by atoms with Crippen LogP contribution in [0, 0.1) is 0 Å². The van der Waals surface area contributed by atoms with E-state index < -0.39 is 11.7 Å². The summed E-state index contributed by atoms with van der Waals surface area (Å²) < 4.78 is 0. The molecular formula is C23H18N2O3. The molecule has 138 valence electrons. The number of benzene rings is 3. The molecule has 0 atom stereocenters. The number of ketones is 1. The fourth-order valence-electron chi connectivity index (χ4n) is 2.53. The molecule has 0 aliphatic heterocycles. The van der Waals surface area contributed by atoms with E-state index in [0.29, 0.717) is 11.3 Å². The molecule has 0 saturated heterocycles. The number of amides is 1. The molecule has 0 spiro atoms. The molecule has 0 heterocycles. The Bertz CT molecular complexity index is 970. The quantitative estimate of drug-likeness (QED) is 0.228. The van der Waals surface area contributed by atoms with Crippen LogP contribution in [0.4, 0.5) is 0 Å². The van der Waals surface area contributed by atoms with E-state index in [1.165, 1.54) is 0 Å². The first kappa shape index (κ1) is 18.8. The van der Waals surface area contributed by atoms with Gasteiger partial charge in [0.25, 0.3) is 0 Å². The topological polar surface area (TPSA) is 78.8 Å². The van der Waals surface area contributed by atoms with Crippen LogP contribution >= 0.6 is 0 Å². The van der Waals surface area contributed by atoms with E-state index in [1.54, 1.807) is 30.3 Å². The van der Waals surface area contributed by atoms with Gasteiger partial charge >= 0.3 is 5.91 Å². The third-order valence-corrected chi connectivity index (χ3v) is 3.92. The van der Waals surface area contributed by atoms with Gasteiger partial charge in [-0.3, -0.25) is 9.59 Å². The SMILES string of the molecule is O=C(C=C(O)c1ccccc1)C(=O)NN=C(c1ccccc1)c1ccccc1. The van der Waals surface area contributed by atoms with E-state index in [-0.39, 0.29) is 5.76 Å². The van der Waals surface area contributed by atoms with Crippen molar-refractivity contribution in [2.45, 2.75) is 0 Å². The Morgan fingerprint density at radius 3 is 1.61 bits per heavy atom. The van der Waals surface area contributed by atoms with Gasteiger partial charge in [0.2, 0.25) is 5.78 Å². The molecule has 0 radical (unpaired) electrons. The average molecular weight is 370 g/mol. The number of hydrogen-bond acceptors (Lipinski definition) is 4. The van der Waals surface area contributed by atoms with Crippen LogP contribution in [0.2, 0.25) is 0 Å². The van der Waals surface area contributed by atoms with Crippen molar-refractivity contribution in [1.82, 2.24) is 5.43 Å². The number of aliphatic hydroxyl groups excluding tert-OH is 1. The van der Waals surface area contributed by atoms with E-state index in [9.17, 15) is 14.7 Å². The molecule has 0 fully saturated rings. The monoisotopic (exact) mass is 370 g/mol. The van der Waals surface area contributed by atoms with E-state index in [2.05, 4.69) is 10.5 Å². The average Bonchev–Trinajstić information content (AvgIpc) is 2.76. The van der Waals surface area contributed by atoms with E-state index in [4.69, 9.17) is 0 Å². The number of carbonyl (C=O) groups excluding carboxylic acids is 2. The molecule has 28 heavy (non-hydrogen) atoms. The number of aliphatic hydroxyl groups is 1. The fraction of sp³-hybridized carbons (Fsp3) is 0. The van der Waals surface area contributed by atoms with Gasteiger partial charge in [-0.2, -0.15) is 5.10 Å². The first-order valence-corrected chi connectivity index (χ1v) is 8.64. The van der Waals surface area contributed by atoms with Gasteiger partial charge in [-0.1, -0.05) is 91.0 Å². The van der Waals surface area contributed by atoms with Gasteiger partial charge < -0.3 is 5.11 Å². The highest BCUT2D eigenvalue weighted by Gasteiger charge is 2.14. The standard InChI is InChI=1S/C23H18N2O3/c26-20(17-10-4-1-5-11-17)16-21(27)23(28)25-24-22(18-12-6-2-7-13-18)19-14-8-3-9-15-19/h1-16,26H,(H,25,28). The smallest absolute Gasteiger partial charge is 0.311 e. The molecule has 3 aromatic carbocycles. The van der Waals surface area contributed by atoms with Crippen molar-refractivity contribution in [1.29, 1.82) is 0 Å². The van der Waals surface area contributed by atoms with Crippen molar-refractivity contribution in [3.8, 4) is 0 Å². The maximum Gasteiger partial charge on any atom is 0.311 e. The summed E-state index contributed by atoms with van der Waals surface area (Å²) in [5, 5.41) is 14.1. The Morgan fingerprint density at radius 1 is 0.714 bits per heavy atom. The summed E-state index contributed by atoms with van der Waals surface area (Å²) in [6, 6.07) is 27.2. The Balaban J connectivity index is 1.81. The summed E-state index contributed by atoms with van der Waals surface area (Å²) in [6.07, 6.45) is 0.880. The number of hydrazone groups is 1. The minimum Gasteiger partial charge on any atom is -0.507 e. The summed E-state index contributed by atoms with van der Waals surface area (Å²) in [7, 11) is 0. The van der Waals surface area contributed by atoms with Gasteiger partial charge in [0.1, 0.15) is 5.76 Å². The molecule has 0 aliphatic rings. The van der Waals surface area contributed by atoms with Crippen molar-refractivity contribution in [3.63, 3.8) is 0 Å². The second-order valence-corrected chi connectivity index (χ2v) is 5.89. The van der Waals surface area contributed by atoms with Crippen molar-refractivity contribution < 1.29 is 14.7 Å². The minimum atomic E-state index is -0.938. The second kappa shape index (κ2) is 9.09. The van der Waals surface area contributed by atoms with Gasteiger partial charge in [0, 0.05) is 22.8 Å². The molecule has 0 aromatic heterocycles. The zero-order chi connectivity index (χ0) is 19.8. The highest BCUT2D eigenvalue weighted by atomic mass is 16.3. The zero-order valence-corrected chi connectivity index (χ0v) is 14.9. The van der Waals surface area contributed by atoms with Crippen LogP contribution in [0.25, 0.3) is 5.76 Å². The van der Waals surface area contributed by atoms with E-state index >= 15 is 0 Å². The first-order valence-electron chi connectivity index (χ1n) is 8.64. The lowest BCUT2D eigenvalue weighted by atomic mass is 10.0. The summed E-state index contributed by atoms with van der Waals surface area (Å²) in [5.41, 5.74) is 4.84. The number of rotatable bonds is 6. The molecule has 5 nitrogen and oxygen atoms in total. The summed E-state index contributed by atoms with van der Waals surface area (Å²) in [6.45, 7) is 0. The van der Waals surface area contributed by atoms with Gasteiger partial charge in [-0.25, -0.2) is 5.43 Å². The van der Waals surface area contributed by atoms with Crippen molar-refractivity contribution in [3.05, 3.63) is 114 Å². The van der Waals surface area contributed by atoms with Gasteiger partial charge in [0.15, 0.2) is 0 Å². The van der Waals surface area contributed by atoms with Gasteiger partial charge in [-0.15, -0.1) is 0 Å². The van der Waals surface area contributed by atoms with Crippen molar-refractivity contribution >= 4 is 23.2 Å². The van der Waals surface area contributed by atoms with Crippen LogP contribution in [-0.4, -0.2) is 22.5 Å². The lowest BCUT2D eigenvalue weighted by Crippen LogP contribution is -2.27.